The lowest BCUT2D eigenvalue weighted by Crippen LogP contribution is -2.66. The first-order valence-corrected chi connectivity index (χ1v) is 7.37. The Morgan fingerprint density at radius 3 is 1.52 bits per heavy atom. The van der Waals surface area contributed by atoms with Gasteiger partial charge in [-0.3, -0.25) is 0 Å². The molecule has 1 saturated heterocycles. The van der Waals surface area contributed by atoms with E-state index >= 15 is 0 Å². The maximum atomic E-state index is 12.3. The Morgan fingerprint density at radius 2 is 1.29 bits per heavy atom. The number of primary amides is 1. The smallest absolute Gasteiger partial charge is 0.315 e. The third kappa shape index (κ3) is 3.29. The standard InChI is InChI=1S/C18H27N2O/c1-5-10-17(11-6-2)14-9-15-18(12-7-3,13-8-4)20(17)16(19)21/h5-9H,1-4,10-15H2,(H2,19,21). The van der Waals surface area contributed by atoms with Crippen LogP contribution in [0.1, 0.15) is 38.5 Å². The number of piperidine rings is 1. The van der Waals surface area contributed by atoms with Gasteiger partial charge in [-0.25, -0.2) is 4.79 Å². The van der Waals surface area contributed by atoms with Crippen LogP contribution in [0.3, 0.4) is 0 Å². The molecule has 1 aliphatic heterocycles. The molecule has 1 radical (unpaired) electrons. The largest absolute Gasteiger partial charge is 0.351 e. The number of rotatable bonds is 8. The van der Waals surface area contributed by atoms with Crippen LogP contribution in [0.5, 0.6) is 0 Å². The molecule has 21 heavy (non-hydrogen) atoms. The van der Waals surface area contributed by atoms with Crippen molar-refractivity contribution in [1.82, 2.24) is 4.90 Å². The van der Waals surface area contributed by atoms with Crippen LogP contribution in [0.4, 0.5) is 4.79 Å². The zero-order chi connectivity index (χ0) is 15.9. The van der Waals surface area contributed by atoms with Gasteiger partial charge in [-0.15, -0.1) is 26.3 Å². The molecule has 0 aliphatic carbocycles. The number of nitrogens with two attached hydrogens (primary N) is 1. The molecule has 0 aromatic rings. The fourth-order valence-corrected chi connectivity index (χ4v) is 3.70. The van der Waals surface area contributed by atoms with Gasteiger partial charge in [-0.2, -0.15) is 0 Å². The van der Waals surface area contributed by atoms with Crippen LogP contribution in [-0.4, -0.2) is 22.0 Å². The maximum absolute atomic E-state index is 12.3. The summed E-state index contributed by atoms with van der Waals surface area (Å²) in [6.45, 7) is 15.4. The van der Waals surface area contributed by atoms with E-state index in [0.29, 0.717) is 25.7 Å². The number of hydrogen-bond donors (Lipinski definition) is 1. The zero-order valence-electron chi connectivity index (χ0n) is 12.9. The van der Waals surface area contributed by atoms with Gasteiger partial charge in [-0.05, 0) is 44.9 Å². The van der Waals surface area contributed by atoms with Crippen LogP contribution < -0.4 is 5.73 Å². The Labute approximate surface area is 128 Å². The molecule has 0 aromatic carbocycles. The molecule has 1 heterocycles. The highest BCUT2D eigenvalue weighted by molar-refractivity contribution is 5.74. The fourth-order valence-electron chi connectivity index (χ4n) is 3.70. The first kappa shape index (κ1) is 17.3. The topological polar surface area (TPSA) is 46.3 Å². The second-order valence-corrected chi connectivity index (χ2v) is 5.79. The van der Waals surface area contributed by atoms with Gasteiger partial charge < -0.3 is 10.6 Å². The van der Waals surface area contributed by atoms with Gasteiger partial charge in [-0.1, -0.05) is 24.3 Å². The summed E-state index contributed by atoms with van der Waals surface area (Å²) in [4.78, 5) is 14.1. The summed E-state index contributed by atoms with van der Waals surface area (Å²) in [5.74, 6) is 0. The van der Waals surface area contributed by atoms with E-state index in [1.165, 1.54) is 0 Å². The Kier molecular flexibility index (Phi) is 6.01. The van der Waals surface area contributed by atoms with E-state index in [2.05, 4.69) is 32.7 Å². The number of nitrogens with zero attached hydrogens (tertiary/aromatic N) is 1. The summed E-state index contributed by atoms with van der Waals surface area (Å²) in [6, 6.07) is -0.393. The minimum atomic E-state index is -0.393. The van der Waals surface area contributed by atoms with Gasteiger partial charge in [0.1, 0.15) is 0 Å². The molecule has 0 saturated carbocycles. The van der Waals surface area contributed by atoms with Crippen molar-refractivity contribution in [3.8, 4) is 0 Å². The number of amides is 2. The molecular formula is C18H27N2O. The summed E-state index contributed by atoms with van der Waals surface area (Å²) in [6.07, 6.45) is 14.0. The summed E-state index contributed by atoms with van der Waals surface area (Å²) in [5.41, 5.74) is 5.02. The van der Waals surface area contributed by atoms with Crippen molar-refractivity contribution in [1.29, 1.82) is 0 Å². The lowest BCUT2D eigenvalue weighted by Gasteiger charge is -2.57. The van der Waals surface area contributed by atoms with Gasteiger partial charge in [0.25, 0.3) is 0 Å². The summed E-state index contributed by atoms with van der Waals surface area (Å²) >= 11 is 0. The monoisotopic (exact) mass is 287 g/mol. The normalized spacial score (nSPS) is 19.5. The van der Waals surface area contributed by atoms with Crippen molar-refractivity contribution in [3.63, 3.8) is 0 Å². The quantitative estimate of drug-likeness (QED) is 0.670. The van der Waals surface area contributed by atoms with Crippen LogP contribution in [0.2, 0.25) is 0 Å². The average Bonchev–Trinajstić information content (AvgIpc) is 2.39. The summed E-state index contributed by atoms with van der Waals surface area (Å²) in [7, 11) is 0. The molecule has 3 heteroatoms. The maximum Gasteiger partial charge on any atom is 0.315 e. The second kappa shape index (κ2) is 7.30. The van der Waals surface area contributed by atoms with Gasteiger partial charge in [0.2, 0.25) is 0 Å². The number of urea groups is 1. The van der Waals surface area contributed by atoms with Crippen molar-refractivity contribution in [2.75, 3.05) is 0 Å². The summed E-state index contributed by atoms with van der Waals surface area (Å²) in [5, 5.41) is 0. The van der Waals surface area contributed by atoms with E-state index in [0.717, 1.165) is 12.8 Å². The third-order valence-electron chi connectivity index (χ3n) is 4.31. The lowest BCUT2D eigenvalue weighted by molar-refractivity contribution is -0.00119. The van der Waals surface area contributed by atoms with Crippen LogP contribution >= 0.6 is 0 Å². The van der Waals surface area contributed by atoms with Gasteiger partial charge in [0.15, 0.2) is 0 Å². The summed E-state index contributed by atoms with van der Waals surface area (Å²) < 4.78 is 0. The van der Waals surface area contributed by atoms with Crippen molar-refractivity contribution in [2.45, 2.75) is 49.6 Å². The van der Waals surface area contributed by atoms with Gasteiger partial charge in [0.05, 0.1) is 11.1 Å². The van der Waals surface area contributed by atoms with Crippen LogP contribution in [0.15, 0.2) is 50.6 Å². The fraction of sp³-hybridized carbons (Fsp3) is 0.444. The van der Waals surface area contributed by atoms with Crippen LogP contribution in [-0.2, 0) is 0 Å². The average molecular weight is 287 g/mol. The molecule has 0 bridgehead atoms. The second-order valence-electron chi connectivity index (χ2n) is 5.79. The highest BCUT2D eigenvalue weighted by atomic mass is 16.2. The third-order valence-corrected chi connectivity index (χ3v) is 4.31. The first-order chi connectivity index (χ1) is 10.0. The predicted molar refractivity (Wildman–Crippen MR) is 89.7 cm³/mol. The Bertz CT molecular complexity index is 373. The molecule has 115 valence electrons. The number of hydrogen-bond acceptors (Lipinski definition) is 1. The molecule has 1 aliphatic rings. The molecule has 1 rings (SSSR count). The van der Waals surface area contributed by atoms with Gasteiger partial charge >= 0.3 is 6.03 Å². The molecule has 0 spiro atoms. The van der Waals surface area contributed by atoms with Gasteiger partial charge in [0, 0.05) is 0 Å². The van der Waals surface area contributed by atoms with Crippen LogP contribution in [0, 0.1) is 6.42 Å². The molecular weight excluding hydrogens is 260 g/mol. The van der Waals surface area contributed by atoms with Crippen LogP contribution in [0.25, 0.3) is 0 Å². The molecule has 0 aromatic heterocycles. The van der Waals surface area contributed by atoms with Crippen molar-refractivity contribution in [3.05, 3.63) is 57.0 Å². The predicted octanol–water partition coefficient (Wildman–Crippen LogP) is 4.15. The van der Waals surface area contributed by atoms with E-state index < -0.39 is 6.03 Å². The number of carbonyl (C=O) groups excluding carboxylic acids is 1. The highest BCUT2D eigenvalue weighted by Crippen LogP contribution is 2.46. The number of likely N-dealkylation sites (tertiary alicyclic amines) is 1. The van der Waals surface area contributed by atoms with E-state index in [1.807, 2.05) is 29.2 Å². The van der Waals surface area contributed by atoms with Crippen molar-refractivity contribution < 1.29 is 4.79 Å². The van der Waals surface area contributed by atoms with E-state index in [9.17, 15) is 4.79 Å². The Morgan fingerprint density at radius 1 is 0.952 bits per heavy atom. The molecule has 0 atom stereocenters. The first-order valence-electron chi connectivity index (χ1n) is 7.37. The molecule has 2 N–H and O–H groups in total. The van der Waals surface area contributed by atoms with E-state index in [1.54, 1.807) is 0 Å². The Balaban J connectivity index is 3.39. The molecule has 0 unspecified atom stereocenters. The van der Waals surface area contributed by atoms with E-state index in [-0.39, 0.29) is 11.1 Å². The molecule has 2 amide bonds. The van der Waals surface area contributed by atoms with Crippen molar-refractivity contribution >= 4 is 6.03 Å². The highest BCUT2D eigenvalue weighted by Gasteiger charge is 2.51. The minimum absolute atomic E-state index is 0.375. The SMILES string of the molecule is C=CCC1(CC=C)C[CH]CC(CC=C)(CC=C)N1C(N)=O. The lowest BCUT2D eigenvalue weighted by atomic mass is 9.70. The Hall–Kier alpha value is -1.77. The zero-order valence-corrected chi connectivity index (χ0v) is 12.9. The number of carbonyl (C=O) groups is 1. The molecule has 1 fully saturated rings. The molecule has 3 nitrogen and oxygen atoms in total. The minimum Gasteiger partial charge on any atom is -0.351 e. The van der Waals surface area contributed by atoms with Crippen molar-refractivity contribution in [2.24, 2.45) is 5.73 Å². The van der Waals surface area contributed by atoms with E-state index in [4.69, 9.17) is 5.73 Å².